The molecule has 0 fully saturated rings. The van der Waals surface area contributed by atoms with Crippen molar-refractivity contribution in [3.63, 3.8) is 0 Å². The van der Waals surface area contributed by atoms with Crippen LogP contribution in [0, 0.1) is 0 Å². The molecular weight excluding hydrogens is 312 g/mol. The summed E-state index contributed by atoms with van der Waals surface area (Å²) in [5.74, 6) is 0.212. The molecule has 0 aliphatic carbocycles. The van der Waals surface area contributed by atoms with Crippen LogP contribution in [-0.4, -0.2) is 63.5 Å². The van der Waals surface area contributed by atoms with Crippen molar-refractivity contribution >= 4 is 17.5 Å². The summed E-state index contributed by atoms with van der Waals surface area (Å²) >= 11 is 0. The van der Waals surface area contributed by atoms with E-state index in [9.17, 15) is 14.4 Å². The first kappa shape index (κ1) is 22.7. The van der Waals surface area contributed by atoms with Crippen molar-refractivity contribution in [1.82, 2.24) is 10.6 Å². The first-order chi connectivity index (χ1) is 11.5. The van der Waals surface area contributed by atoms with Gasteiger partial charge in [0.2, 0.25) is 5.91 Å². The van der Waals surface area contributed by atoms with E-state index in [1.807, 2.05) is 0 Å². The van der Waals surface area contributed by atoms with Crippen LogP contribution in [0.25, 0.3) is 0 Å². The van der Waals surface area contributed by atoms with E-state index in [1.165, 1.54) is 6.92 Å². The molecule has 0 bridgehead atoms. The topological polar surface area (TPSA) is 93.7 Å². The maximum Gasteiger partial charge on any atom is 0.222 e. The van der Waals surface area contributed by atoms with Gasteiger partial charge in [0.15, 0.2) is 0 Å². The molecule has 1 unspecified atom stereocenters. The number of rotatable bonds is 16. The Balaban J connectivity index is 3.38. The Kier molecular flexibility index (Phi) is 14.4. The summed E-state index contributed by atoms with van der Waals surface area (Å²) < 4.78 is 10.5. The molecule has 7 heteroatoms. The Morgan fingerprint density at radius 3 is 2.08 bits per heavy atom. The van der Waals surface area contributed by atoms with Gasteiger partial charge in [0.1, 0.15) is 11.6 Å². The Bertz CT molecular complexity index is 374. The van der Waals surface area contributed by atoms with Gasteiger partial charge in [-0.2, -0.15) is 0 Å². The number of Topliss-reactive ketones (excluding diaryl/α,β-unsaturated/α-hetero) is 2. The molecule has 0 saturated carbocycles. The van der Waals surface area contributed by atoms with Gasteiger partial charge in [-0.3, -0.25) is 14.4 Å². The second kappa shape index (κ2) is 15.2. The van der Waals surface area contributed by atoms with Gasteiger partial charge in [0, 0.05) is 19.4 Å². The Hall–Kier alpha value is -1.31. The quantitative estimate of drug-likeness (QED) is 0.403. The number of ether oxygens (including phenoxy) is 2. The van der Waals surface area contributed by atoms with E-state index >= 15 is 0 Å². The van der Waals surface area contributed by atoms with Gasteiger partial charge < -0.3 is 20.1 Å². The molecule has 0 aromatic heterocycles. The lowest BCUT2D eigenvalue weighted by Crippen LogP contribution is -2.32. The van der Waals surface area contributed by atoms with Gasteiger partial charge in [0.25, 0.3) is 0 Å². The summed E-state index contributed by atoms with van der Waals surface area (Å²) in [5.41, 5.74) is 0. The zero-order valence-corrected chi connectivity index (χ0v) is 15.2. The summed E-state index contributed by atoms with van der Waals surface area (Å²) in [7, 11) is 1.78. The van der Waals surface area contributed by atoms with E-state index in [-0.39, 0.29) is 23.5 Å². The smallest absolute Gasteiger partial charge is 0.222 e. The lowest BCUT2D eigenvalue weighted by Gasteiger charge is -2.12. The summed E-state index contributed by atoms with van der Waals surface area (Å²) in [6.07, 6.45) is 3.26. The summed E-state index contributed by atoms with van der Waals surface area (Å²) in [6.45, 7) is 5.34. The highest BCUT2D eigenvalue weighted by molar-refractivity contribution is 5.81. The molecule has 0 aliphatic rings. The van der Waals surface area contributed by atoms with Crippen molar-refractivity contribution in [3.05, 3.63) is 0 Å². The van der Waals surface area contributed by atoms with E-state index in [1.54, 1.807) is 14.0 Å². The van der Waals surface area contributed by atoms with E-state index < -0.39 is 0 Å². The molecule has 0 spiro atoms. The number of hydrogen-bond acceptors (Lipinski definition) is 6. The Morgan fingerprint density at radius 2 is 1.54 bits per heavy atom. The Labute approximate surface area is 144 Å². The number of amides is 1. The van der Waals surface area contributed by atoms with Gasteiger partial charge >= 0.3 is 0 Å². The fourth-order valence-electron chi connectivity index (χ4n) is 2.04. The number of hydrogen-bond donors (Lipinski definition) is 2. The molecule has 1 amide bonds. The van der Waals surface area contributed by atoms with Crippen LogP contribution < -0.4 is 10.6 Å². The minimum absolute atomic E-state index is 0.0377. The largest absolute Gasteiger partial charge is 0.379 e. The predicted molar refractivity (Wildman–Crippen MR) is 91.9 cm³/mol. The fraction of sp³-hybridized carbons (Fsp3) is 0.824. The van der Waals surface area contributed by atoms with E-state index in [0.29, 0.717) is 45.8 Å². The third-order valence-electron chi connectivity index (χ3n) is 3.52. The average Bonchev–Trinajstić information content (AvgIpc) is 2.52. The number of carbonyl (C=O) groups excluding carboxylic acids is 3. The second-order valence-corrected chi connectivity index (χ2v) is 5.72. The highest BCUT2D eigenvalue weighted by Crippen LogP contribution is 2.01. The second-order valence-electron chi connectivity index (χ2n) is 5.72. The maximum absolute atomic E-state index is 11.6. The molecule has 0 saturated heterocycles. The van der Waals surface area contributed by atoms with Crippen molar-refractivity contribution in [3.8, 4) is 0 Å². The molecule has 2 N–H and O–H groups in total. The van der Waals surface area contributed by atoms with Gasteiger partial charge in [-0.15, -0.1) is 0 Å². The zero-order valence-electron chi connectivity index (χ0n) is 15.2. The molecule has 0 aromatic carbocycles. The minimum atomic E-state index is -0.0910. The Morgan fingerprint density at radius 1 is 0.917 bits per heavy atom. The first-order valence-corrected chi connectivity index (χ1v) is 8.56. The molecule has 1 atom stereocenters. The van der Waals surface area contributed by atoms with Crippen molar-refractivity contribution < 1.29 is 23.9 Å². The third-order valence-corrected chi connectivity index (χ3v) is 3.52. The fourth-order valence-corrected chi connectivity index (χ4v) is 2.04. The summed E-state index contributed by atoms with van der Waals surface area (Å²) in [4.78, 5) is 33.5. The average molecular weight is 344 g/mol. The lowest BCUT2D eigenvalue weighted by molar-refractivity contribution is -0.122. The van der Waals surface area contributed by atoms with Crippen LogP contribution in [0.2, 0.25) is 0 Å². The SMILES string of the molecule is CNC(CCCCNC(=O)CCOCCOCCC(C)=O)C(C)=O. The van der Waals surface area contributed by atoms with Crippen molar-refractivity contribution in [1.29, 1.82) is 0 Å². The van der Waals surface area contributed by atoms with Crippen molar-refractivity contribution in [2.45, 2.75) is 52.0 Å². The molecule has 0 rings (SSSR count). The molecule has 7 nitrogen and oxygen atoms in total. The summed E-state index contributed by atoms with van der Waals surface area (Å²) in [6, 6.07) is -0.0910. The normalized spacial score (nSPS) is 12.0. The van der Waals surface area contributed by atoms with Gasteiger partial charge in [-0.1, -0.05) is 0 Å². The third kappa shape index (κ3) is 14.3. The van der Waals surface area contributed by atoms with Crippen molar-refractivity contribution in [2.75, 3.05) is 40.0 Å². The number of carbonyl (C=O) groups is 3. The van der Waals surface area contributed by atoms with E-state index in [2.05, 4.69) is 10.6 Å². The van der Waals surface area contributed by atoms with Crippen LogP contribution in [0.4, 0.5) is 0 Å². The van der Waals surface area contributed by atoms with Crippen LogP contribution in [0.3, 0.4) is 0 Å². The van der Waals surface area contributed by atoms with Crippen LogP contribution in [0.1, 0.15) is 46.0 Å². The number of unbranched alkanes of at least 4 members (excludes halogenated alkanes) is 1. The molecule has 0 radical (unpaired) electrons. The molecule has 0 heterocycles. The van der Waals surface area contributed by atoms with E-state index in [4.69, 9.17) is 9.47 Å². The van der Waals surface area contributed by atoms with Crippen LogP contribution >= 0.6 is 0 Å². The number of likely N-dealkylation sites (N-methyl/N-ethyl adjacent to an activating group) is 1. The number of ketones is 2. The molecular formula is C17H32N2O5. The number of nitrogens with one attached hydrogen (secondary N) is 2. The summed E-state index contributed by atoms with van der Waals surface area (Å²) in [5, 5.41) is 5.81. The maximum atomic E-state index is 11.6. The molecule has 24 heavy (non-hydrogen) atoms. The minimum Gasteiger partial charge on any atom is -0.379 e. The zero-order chi connectivity index (χ0) is 18.2. The lowest BCUT2D eigenvalue weighted by atomic mass is 10.1. The molecule has 0 aliphatic heterocycles. The van der Waals surface area contributed by atoms with Gasteiger partial charge in [-0.05, 0) is 40.2 Å². The predicted octanol–water partition coefficient (Wildman–Crippen LogP) is 0.852. The van der Waals surface area contributed by atoms with Crippen LogP contribution in [0.15, 0.2) is 0 Å². The van der Waals surface area contributed by atoms with Gasteiger partial charge in [0.05, 0.1) is 32.5 Å². The highest BCUT2D eigenvalue weighted by atomic mass is 16.5. The van der Waals surface area contributed by atoms with Crippen LogP contribution in [0.5, 0.6) is 0 Å². The van der Waals surface area contributed by atoms with E-state index in [0.717, 1.165) is 19.3 Å². The highest BCUT2D eigenvalue weighted by Gasteiger charge is 2.10. The molecule has 0 aromatic rings. The first-order valence-electron chi connectivity index (χ1n) is 8.56. The van der Waals surface area contributed by atoms with Gasteiger partial charge in [-0.25, -0.2) is 0 Å². The van der Waals surface area contributed by atoms with Crippen molar-refractivity contribution in [2.24, 2.45) is 0 Å². The van der Waals surface area contributed by atoms with Crippen LogP contribution in [-0.2, 0) is 23.9 Å². The monoisotopic (exact) mass is 344 g/mol. The molecule has 140 valence electrons. The standard InChI is InChI=1S/C17H32N2O5/c1-14(20)7-10-23-12-13-24-11-8-17(22)19-9-5-4-6-16(18-3)15(2)21/h16,18H,4-13H2,1-3H3,(H,19,22).